The Morgan fingerprint density at radius 2 is 2.00 bits per heavy atom. The van der Waals surface area contributed by atoms with Crippen LogP contribution in [0.15, 0.2) is 58.1 Å². The van der Waals surface area contributed by atoms with Crippen molar-refractivity contribution >= 4 is 45.3 Å². The van der Waals surface area contributed by atoms with Crippen molar-refractivity contribution in [1.82, 2.24) is 5.43 Å². The van der Waals surface area contributed by atoms with Gasteiger partial charge in [0.15, 0.2) is 0 Å². The van der Waals surface area contributed by atoms with Crippen LogP contribution in [0, 0.1) is 0 Å². The molecular weight excluding hydrogens is 354 g/mol. The number of hydrazone groups is 1. The monoisotopic (exact) mass is 365 g/mol. The maximum Gasteiger partial charge on any atom is 0.259 e. The molecule has 0 saturated heterocycles. The quantitative estimate of drug-likeness (QED) is 0.627. The summed E-state index contributed by atoms with van der Waals surface area (Å²) in [6.45, 7) is 0.117. The molecule has 0 fully saturated rings. The second-order valence-corrected chi connectivity index (χ2v) is 5.47. The molecule has 0 aliphatic heterocycles. The fourth-order valence-electron chi connectivity index (χ4n) is 1.57. The third-order valence-electron chi connectivity index (χ3n) is 2.57. The van der Waals surface area contributed by atoms with Crippen LogP contribution in [-0.2, 0) is 4.79 Å². The van der Waals surface area contributed by atoms with Crippen LogP contribution < -0.4 is 10.7 Å². The van der Waals surface area contributed by atoms with Crippen LogP contribution in [0.4, 0.5) is 5.69 Å². The van der Waals surface area contributed by atoms with Crippen LogP contribution in [0.5, 0.6) is 0 Å². The highest BCUT2D eigenvalue weighted by Gasteiger charge is 2.03. The number of carbonyl (C=O) groups excluding carboxylic acids is 1. The van der Waals surface area contributed by atoms with E-state index in [2.05, 4.69) is 31.8 Å². The smallest absolute Gasteiger partial charge is 0.259 e. The van der Waals surface area contributed by atoms with E-state index in [9.17, 15) is 4.79 Å². The van der Waals surface area contributed by atoms with Gasteiger partial charge >= 0.3 is 0 Å². The van der Waals surface area contributed by atoms with Crippen LogP contribution in [0.2, 0.25) is 5.02 Å². The van der Waals surface area contributed by atoms with Gasteiger partial charge in [0.05, 0.1) is 12.8 Å². The number of hydrogen-bond acceptors (Lipinski definition) is 3. The van der Waals surface area contributed by atoms with Gasteiger partial charge in [-0.15, -0.1) is 0 Å². The molecule has 0 bridgehead atoms. The van der Waals surface area contributed by atoms with E-state index in [0.29, 0.717) is 5.02 Å². The Kier molecular flexibility index (Phi) is 5.78. The lowest BCUT2D eigenvalue weighted by Crippen LogP contribution is -2.25. The Balaban J connectivity index is 1.81. The first-order chi connectivity index (χ1) is 10.1. The molecule has 0 spiro atoms. The Labute approximate surface area is 136 Å². The molecular formula is C15H13BrClN3O. The van der Waals surface area contributed by atoms with Crippen LogP contribution >= 0.6 is 27.5 Å². The van der Waals surface area contributed by atoms with Gasteiger partial charge in [0.2, 0.25) is 0 Å². The number of nitrogens with one attached hydrogen (secondary N) is 2. The molecule has 0 atom stereocenters. The fraction of sp³-hybridized carbons (Fsp3) is 0.0667. The summed E-state index contributed by atoms with van der Waals surface area (Å²) in [5.74, 6) is -0.232. The van der Waals surface area contributed by atoms with E-state index in [-0.39, 0.29) is 12.5 Å². The normalized spacial score (nSPS) is 10.6. The lowest BCUT2D eigenvalue weighted by Gasteiger charge is -2.07. The number of hydrogen-bond donors (Lipinski definition) is 2. The molecule has 21 heavy (non-hydrogen) atoms. The van der Waals surface area contributed by atoms with Gasteiger partial charge in [0.1, 0.15) is 0 Å². The van der Waals surface area contributed by atoms with Crippen LogP contribution in [-0.4, -0.2) is 18.7 Å². The number of halogens is 2. The van der Waals surface area contributed by atoms with Crippen LogP contribution in [0.3, 0.4) is 0 Å². The summed E-state index contributed by atoms with van der Waals surface area (Å²) in [5.41, 5.74) is 4.17. The third-order valence-corrected chi connectivity index (χ3v) is 3.46. The molecule has 2 aromatic carbocycles. The minimum absolute atomic E-state index is 0.117. The predicted octanol–water partition coefficient (Wildman–Crippen LogP) is 3.66. The second-order valence-electron chi connectivity index (χ2n) is 4.18. The van der Waals surface area contributed by atoms with Gasteiger partial charge in [-0.2, -0.15) is 5.10 Å². The highest BCUT2D eigenvalue weighted by Crippen LogP contribution is 2.25. The molecule has 0 saturated carbocycles. The summed E-state index contributed by atoms with van der Waals surface area (Å²) < 4.78 is 0.801. The van der Waals surface area contributed by atoms with Crippen molar-refractivity contribution in [1.29, 1.82) is 0 Å². The zero-order chi connectivity index (χ0) is 15.1. The van der Waals surface area contributed by atoms with Crippen molar-refractivity contribution < 1.29 is 4.79 Å². The topological polar surface area (TPSA) is 53.5 Å². The number of amides is 1. The van der Waals surface area contributed by atoms with E-state index in [0.717, 1.165) is 15.7 Å². The molecule has 2 N–H and O–H groups in total. The van der Waals surface area contributed by atoms with E-state index in [1.807, 2.05) is 30.3 Å². The largest absolute Gasteiger partial charge is 0.375 e. The zero-order valence-electron chi connectivity index (χ0n) is 11.0. The first-order valence-corrected chi connectivity index (χ1v) is 7.38. The van der Waals surface area contributed by atoms with E-state index >= 15 is 0 Å². The van der Waals surface area contributed by atoms with Crippen molar-refractivity contribution in [2.45, 2.75) is 0 Å². The maximum absolute atomic E-state index is 11.7. The van der Waals surface area contributed by atoms with Crippen molar-refractivity contribution in [2.75, 3.05) is 11.9 Å². The minimum atomic E-state index is -0.232. The summed E-state index contributed by atoms with van der Waals surface area (Å²) in [6, 6.07) is 14.8. The second kappa shape index (κ2) is 7.81. The number of anilines is 1. The third kappa shape index (κ3) is 5.21. The molecule has 2 rings (SSSR count). The van der Waals surface area contributed by atoms with Gasteiger partial charge in [-0.3, -0.25) is 4.79 Å². The van der Waals surface area contributed by atoms with Gasteiger partial charge in [-0.05, 0) is 39.7 Å². The average Bonchev–Trinajstić information content (AvgIpc) is 2.47. The minimum Gasteiger partial charge on any atom is -0.375 e. The summed E-state index contributed by atoms with van der Waals surface area (Å²) in [5, 5.41) is 7.52. The Morgan fingerprint density at radius 1 is 1.24 bits per heavy atom. The van der Waals surface area contributed by atoms with Crippen molar-refractivity contribution in [3.8, 4) is 0 Å². The summed E-state index contributed by atoms with van der Waals surface area (Å²) in [4.78, 5) is 11.7. The maximum atomic E-state index is 11.7. The fourth-order valence-corrected chi connectivity index (χ4v) is 2.39. The molecule has 0 radical (unpaired) electrons. The van der Waals surface area contributed by atoms with Gasteiger partial charge in [0, 0.05) is 15.2 Å². The number of carbonyl (C=O) groups is 1. The molecule has 0 aliphatic rings. The summed E-state index contributed by atoms with van der Waals surface area (Å²) >= 11 is 9.22. The molecule has 1 amide bonds. The predicted molar refractivity (Wildman–Crippen MR) is 89.8 cm³/mol. The van der Waals surface area contributed by atoms with Gasteiger partial charge < -0.3 is 5.32 Å². The number of benzene rings is 2. The van der Waals surface area contributed by atoms with E-state index in [4.69, 9.17) is 11.6 Å². The summed E-state index contributed by atoms with van der Waals surface area (Å²) in [6.07, 6.45) is 1.59. The summed E-state index contributed by atoms with van der Waals surface area (Å²) in [7, 11) is 0. The lowest BCUT2D eigenvalue weighted by molar-refractivity contribution is -0.119. The SMILES string of the molecule is O=C(CNc1ccc(Cl)cc1Br)N/N=C\c1ccccc1. The number of nitrogens with zero attached hydrogens (tertiary/aromatic N) is 1. The van der Waals surface area contributed by atoms with Crippen LogP contribution in [0.25, 0.3) is 0 Å². The van der Waals surface area contributed by atoms with E-state index in [1.54, 1.807) is 24.4 Å². The van der Waals surface area contributed by atoms with Gasteiger partial charge in [0.25, 0.3) is 5.91 Å². The standard InChI is InChI=1S/C15H13BrClN3O/c16-13-8-12(17)6-7-14(13)18-10-15(21)20-19-9-11-4-2-1-3-5-11/h1-9,18H,10H2,(H,20,21)/b19-9-. The molecule has 0 heterocycles. The molecule has 6 heteroatoms. The Morgan fingerprint density at radius 3 is 2.71 bits per heavy atom. The Hall–Kier alpha value is -1.85. The molecule has 108 valence electrons. The lowest BCUT2D eigenvalue weighted by atomic mass is 10.2. The van der Waals surface area contributed by atoms with E-state index in [1.165, 1.54) is 0 Å². The van der Waals surface area contributed by atoms with Crippen LogP contribution in [0.1, 0.15) is 5.56 Å². The molecule has 0 aromatic heterocycles. The molecule has 4 nitrogen and oxygen atoms in total. The van der Waals surface area contributed by atoms with E-state index < -0.39 is 0 Å². The first kappa shape index (κ1) is 15.5. The average molecular weight is 367 g/mol. The first-order valence-electron chi connectivity index (χ1n) is 6.21. The van der Waals surface area contributed by atoms with Crippen molar-refractivity contribution in [3.63, 3.8) is 0 Å². The van der Waals surface area contributed by atoms with Gasteiger partial charge in [-0.1, -0.05) is 41.9 Å². The highest BCUT2D eigenvalue weighted by atomic mass is 79.9. The molecule has 2 aromatic rings. The van der Waals surface area contributed by atoms with Gasteiger partial charge in [-0.25, -0.2) is 5.43 Å². The Bertz CT molecular complexity index is 647. The molecule has 0 aliphatic carbocycles. The van der Waals surface area contributed by atoms with Crippen molar-refractivity contribution in [2.24, 2.45) is 5.10 Å². The number of rotatable bonds is 5. The zero-order valence-corrected chi connectivity index (χ0v) is 13.4. The van der Waals surface area contributed by atoms with Crippen molar-refractivity contribution in [3.05, 3.63) is 63.6 Å². The molecule has 0 unspecified atom stereocenters. The highest BCUT2D eigenvalue weighted by molar-refractivity contribution is 9.10.